The van der Waals surface area contributed by atoms with E-state index < -0.39 is 0 Å². The highest BCUT2D eigenvalue weighted by Crippen LogP contribution is 2.22. The number of carbonyl (C=O) groups is 1. The van der Waals surface area contributed by atoms with Crippen LogP contribution < -0.4 is 10.1 Å². The summed E-state index contributed by atoms with van der Waals surface area (Å²) in [6, 6.07) is 16.0. The molecule has 30 heavy (non-hydrogen) atoms. The van der Waals surface area contributed by atoms with Crippen LogP contribution in [0.4, 0.5) is 0 Å². The smallest absolute Gasteiger partial charge is 0.249 e. The first kappa shape index (κ1) is 20.4. The number of aryl methyl sites for hydroxylation is 2. The van der Waals surface area contributed by atoms with E-state index in [0.29, 0.717) is 13.2 Å². The number of nitrogens with zero attached hydrogens (tertiary/aromatic N) is 2. The van der Waals surface area contributed by atoms with E-state index in [1.165, 1.54) is 5.56 Å². The summed E-state index contributed by atoms with van der Waals surface area (Å²) in [4.78, 5) is 17.3. The first-order valence-electron chi connectivity index (χ1n) is 10.7. The second-order valence-electron chi connectivity index (χ2n) is 7.86. The molecule has 1 N–H and O–H groups in total. The van der Waals surface area contributed by atoms with Gasteiger partial charge in [0.2, 0.25) is 5.91 Å². The molecule has 4 rings (SSSR count). The summed E-state index contributed by atoms with van der Waals surface area (Å²) in [7, 11) is 0. The molecule has 1 amide bonds. The van der Waals surface area contributed by atoms with E-state index in [1.54, 1.807) is 0 Å². The van der Waals surface area contributed by atoms with Crippen LogP contribution in [0.15, 0.2) is 48.5 Å². The van der Waals surface area contributed by atoms with Gasteiger partial charge < -0.3 is 19.4 Å². The van der Waals surface area contributed by atoms with Crippen LogP contribution in [0.5, 0.6) is 5.75 Å². The second-order valence-corrected chi connectivity index (χ2v) is 7.86. The molecule has 1 fully saturated rings. The molecule has 0 radical (unpaired) electrons. The molecule has 158 valence electrons. The number of nitrogens with one attached hydrogen (secondary N) is 1. The van der Waals surface area contributed by atoms with Crippen molar-refractivity contribution in [3.05, 3.63) is 59.9 Å². The van der Waals surface area contributed by atoms with Crippen molar-refractivity contribution in [3.8, 4) is 5.75 Å². The van der Waals surface area contributed by atoms with Gasteiger partial charge in [-0.25, -0.2) is 4.98 Å². The van der Waals surface area contributed by atoms with Crippen LogP contribution in [0.1, 0.15) is 43.6 Å². The third-order valence-electron chi connectivity index (χ3n) is 5.44. The molecule has 0 aliphatic carbocycles. The van der Waals surface area contributed by atoms with Crippen LogP contribution in [0.25, 0.3) is 11.0 Å². The van der Waals surface area contributed by atoms with Gasteiger partial charge in [0.25, 0.3) is 0 Å². The molecule has 0 saturated carbocycles. The lowest BCUT2D eigenvalue weighted by atomic mass is 10.2. The summed E-state index contributed by atoms with van der Waals surface area (Å²) in [5.41, 5.74) is 3.19. The number of amides is 1. The van der Waals surface area contributed by atoms with E-state index in [1.807, 2.05) is 43.3 Å². The highest BCUT2D eigenvalue weighted by molar-refractivity contribution is 5.81. The van der Waals surface area contributed by atoms with Crippen LogP contribution >= 0.6 is 0 Å². The van der Waals surface area contributed by atoms with Gasteiger partial charge in [-0.15, -0.1) is 0 Å². The minimum atomic E-state index is -0.340. The van der Waals surface area contributed by atoms with Crippen LogP contribution in [0, 0.1) is 6.92 Å². The summed E-state index contributed by atoms with van der Waals surface area (Å²) in [5, 5.41) is 3.08. The molecule has 1 aromatic heterocycles. The zero-order valence-electron chi connectivity index (χ0n) is 17.6. The monoisotopic (exact) mass is 407 g/mol. The van der Waals surface area contributed by atoms with Gasteiger partial charge in [-0.05, 0) is 62.9 Å². The van der Waals surface area contributed by atoms with Gasteiger partial charge in [0, 0.05) is 13.2 Å². The lowest BCUT2D eigenvalue weighted by molar-refractivity contribution is -0.130. The highest BCUT2D eigenvalue weighted by Gasteiger charge is 2.26. The zero-order valence-corrected chi connectivity index (χ0v) is 17.6. The standard InChI is InChI=1S/C24H29N3O3/c1-17-8-5-9-19(16-17)29-15-7-13-27-21-11-4-3-10-20(21)26-23(27)18(2)25-24(28)22-12-6-14-30-22/h3-5,8-11,16,18,22H,6-7,12-15H2,1-2H3,(H,25,28). The van der Waals surface area contributed by atoms with Crippen LogP contribution in [0.3, 0.4) is 0 Å². The molecule has 6 nitrogen and oxygen atoms in total. The number of rotatable bonds is 8. The Morgan fingerprint density at radius 1 is 1.30 bits per heavy atom. The molecule has 0 bridgehead atoms. The second kappa shape index (κ2) is 9.30. The molecule has 2 unspecified atom stereocenters. The zero-order chi connectivity index (χ0) is 20.9. The maximum Gasteiger partial charge on any atom is 0.249 e. The molecule has 1 aliphatic rings. The van der Waals surface area contributed by atoms with Crippen molar-refractivity contribution in [3.63, 3.8) is 0 Å². The molecule has 2 atom stereocenters. The first-order chi connectivity index (χ1) is 14.6. The average molecular weight is 408 g/mol. The largest absolute Gasteiger partial charge is 0.494 e. The number of carbonyl (C=O) groups excluding carboxylic acids is 1. The number of imidazole rings is 1. The van der Waals surface area contributed by atoms with Crippen molar-refractivity contribution in [1.29, 1.82) is 0 Å². The fourth-order valence-corrected chi connectivity index (χ4v) is 3.93. The third kappa shape index (κ3) is 4.65. The van der Waals surface area contributed by atoms with Gasteiger partial charge in [0.1, 0.15) is 17.7 Å². The Kier molecular flexibility index (Phi) is 6.33. The molecule has 2 aromatic carbocycles. The summed E-state index contributed by atoms with van der Waals surface area (Å²) in [5.74, 6) is 1.70. The normalized spacial score (nSPS) is 17.2. The SMILES string of the molecule is Cc1cccc(OCCCn2c(C(C)NC(=O)C3CCCO3)nc3ccccc32)c1. The van der Waals surface area contributed by atoms with Crippen LogP contribution in [-0.4, -0.2) is 34.8 Å². The Hall–Kier alpha value is -2.86. The van der Waals surface area contributed by atoms with E-state index >= 15 is 0 Å². The van der Waals surface area contributed by atoms with E-state index in [4.69, 9.17) is 14.5 Å². The number of fused-ring (bicyclic) bond motifs is 1. The van der Waals surface area contributed by atoms with Crippen LogP contribution in [-0.2, 0) is 16.1 Å². The van der Waals surface area contributed by atoms with Gasteiger partial charge in [0.15, 0.2) is 0 Å². The molecular weight excluding hydrogens is 378 g/mol. The quantitative estimate of drug-likeness (QED) is 0.569. The average Bonchev–Trinajstić information content (AvgIpc) is 3.40. The molecule has 3 aromatic rings. The Balaban J connectivity index is 1.45. The number of hydrogen-bond donors (Lipinski definition) is 1. The molecule has 2 heterocycles. The topological polar surface area (TPSA) is 65.4 Å². The van der Waals surface area contributed by atoms with Crippen LogP contribution in [0.2, 0.25) is 0 Å². The minimum absolute atomic E-state index is 0.0543. The Morgan fingerprint density at radius 2 is 2.17 bits per heavy atom. The molecule has 1 saturated heterocycles. The van der Waals surface area contributed by atoms with Gasteiger partial charge in [-0.2, -0.15) is 0 Å². The van der Waals surface area contributed by atoms with Gasteiger partial charge in [0.05, 0.1) is 23.7 Å². The van der Waals surface area contributed by atoms with Crippen molar-refractivity contribution in [2.24, 2.45) is 0 Å². The number of aromatic nitrogens is 2. The maximum absolute atomic E-state index is 12.5. The van der Waals surface area contributed by atoms with Gasteiger partial charge in [-0.3, -0.25) is 4.79 Å². The third-order valence-corrected chi connectivity index (χ3v) is 5.44. The van der Waals surface area contributed by atoms with Gasteiger partial charge >= 0.3 is 0 Å². The van der Waals surface area contributed by atoms with E-state index in [0.717, 1.165) is 48.4 Å². The van der Waals surface area contributed by atoms with E-state index in [2.05, 4.69) is 28.9 Å². The summed E-state index contributed by atoms with van der Waals surface area (Å²) >= 11 is 0. The minimum Gasteiger partial charge on any atom is -0.494 e. The fourth-order valence-electron chi connectivity index (χ4n) is 3.93. The first-order valence-corrected chi connectivity index (χ1v) is 10.7. The Bertz CT molecular complexity index is 1010. The van der Waals surface area contributed by atoms with E-state index in [9.17, 15) is 4.79 Å². The fraction of sp³-hybridized carbons (Fsp3) is 0.417. The molecule has 1 aliphatic heterocycles. The lowest BCUT2D eigenvalue weighted by Crippen LogP contribution is -2.36. The predicted molar refractivity (Wildman–Crippen MR) is 117 cm³/mol. The number of benzene rings is 2. The van der Waals surface area contributed by atoms with Crippen molar-refractivity contribution in [1.82, 2.24) is 14.9 Å². The Labute approximate surface area is 177 Å². The highest BCUT2D eigenvalue weighted by atomic mass is 16.5. The lowest BCUT2D eigenvalue weighted by Gasteiger charge is -2.18. The van der Waals surface area contributed by atoms with Crippen molar-refractivity contribution in [2.45, 2.75) is 51.8 Å². The summed E-state index contributed by atoms with van der Waals surface area (Å²) in [6.07, 6.45) is 2.22. The predicted octanol–water partition coefficient (Wildman–Crippen LogP) is 4.17. The summed E-state index contributed by atoms with van der Waals surface area (Å²) in [6.45, 7) is 6.08. The van der Waals surface area contributed by atoms with Crippen molar-refractivity contribution >= 4 is 16.9 Å². The molecule has 0 spiro atoms. The Morgan fingerprint density at radius 3 is 2.97 bits per heavy atom. The van der Waals surface area contributed by atoms with Crippen molar-refractivity contribution < 1.29 is 14.3 Å². The van der Waals surface area contributed by atoms with Crippen molar-refractivity contribution in [2.75, 3.05) is 13.2 Å². The van der Waals surface area contributed by atoms with Gasteiger partial charge in [-0.1, -0.05) is 24.3 Å². The number of hydrogen-bond acceptors (Lipinski definition) is 4. The molecular formula is C24H29N3O3. The summed E-state index contributed by atoms with van der Waals surface area (Å²) < 4.78 is 13.6. The number of ether oxygens (including phenoxy) is 2. The number of para-hydroxylation sites is 2. The maximum atomic E-state index is 12.5. The van der Waals surface area contributed by atoms with E-state index in [-0.39, 0.29) is 18.1 Å². The molecule has 6 heteroatoms.